The van der Waals surface area contributed by atoms with E-state index in [1.807, 2.05) is 43.5 Å². The lowest BCUT2D eigenvalue weighted by Gasteiger charge is -2.09. The van der Waals surface area contributed by atoms with Gasteiger partial charge in [-0.05, 0) is 45.0 Å². The summed E-state index contributed by atoms with van der Waals surface area (Å²) in [6.45, 7) is 5.21. The second kappa shape index (κ2) is 7.79. The molecule has 0 saturated heterocycles. The number of para-hydroxylation sites is 1. The first-order valence-corrected chi connectivity index (χ1v) is 11.1. The summed E-state index contributed by atoms with van der Waals surface area (Å²) in [5, 5.41) is 7.98. The van der Waals surface area contributed by atoms with Gasteiger partial charge in [0.25, 0.3) is 0 Å². The van der Waals surface area contributed by atoms with Gasteiger partial charge in [0.2, 0.25) is 0 Å². The van der Waals surface area contributed by atoms with Crippen molar-refractivity contribution in [2.45, 2.75) is 30.9 Å². The van der Waals surface area contributed by atoms with Gasteiger partial charge in [0, 0.05) is 5.56 Å². The molecule has 2 heterocycles. The van der Waals surface area contributed by atoms with E-state index in [9.17, 15) is 8.42 Å². The van der Waals surface area contributed by atoms with Crippen molar-refractivity contribution in [1.29, 1.82) is 0 Å². The quantitative estimate of drug-likeness (QED) is 0.488. The van der Waals surface area contributed by atoms with Crippen molar-refractivity contribution in [2.75, 3.05) is 0 Å². The first-order chi connectivity index (χ1) is 14.4. The third-order valence-corrected chi connectivity index (χ3v) is 6.98. The fraction of sp³-hybridized carbons (Fsp3) is 0.182. The van der Waals surface area contributed by atoms with Crippen LogP contribution in [0.25, 0.3) is 28.3 Å². The van der Waals surface area contributed by atoms with E-state index >= 15 is 0 Å². The lowest BCUT2D eigenvalue weighted by molar-refractivity contribution is 0.587. The maximum Gasteiger partial charge on any atom is 0.180 e. The Hall–Kier alpha value is -3.39. The van der Waals surface area contributed by atoms with E-state index in [0.717, 1.165) is 16.9 Å². The second-order valence-electron chi connectivity index (χ2n) is 7.19. The number of nitrogens with zero attached hydrogens (tertiary/aromatic N) is 5. The molecule has 0 amide bonds. The molecule has 30 heavy (non-hydrogen) atoms. The van der Waals surface area contributed by atoms with E-state index in [1.54, 1.807) is 49.0 Å². The lowest BCUT2D eigenvalue weighted by Crippen LogP contribution is -2.13. The summed E-state index contributed by atoms with van der Waals surface area (Å²) in [5.41, 5.74) is 4.30. The third-order valence-electron chi connectivity index (χ3n) is 4.81. The summed E-state index contributed by atoms with van der Waals surface area (Å²) in [6.07, 6.45) is 3.49. The van der Waals surface area contributed by atoms with Gasteiger partial charge in [-0.25, -0.2) is 18.1 Å². The largest absolute Gasteiger partial charge is 0.257 e. The maximum absolute atomic E-state index is 12.3. The number of hydrogen-bond acceptors (Lipinski definition) is 6. The zero-order chi connectivity index (χ0) is 21.3. The normalized spacial score (nSPS) is 11.7. The SMILES string of the molecule is Cc1ncc(-c2ccc(S(=O)(=O)C(C)C)cc2)nc1-c1cn(-c2ccccc2)nn1. The zero-order valence-electron chi connectivity index (χ0n) is 16.9. The van der Waals surface area contributed by atoms with Crippen LogP contribution in [0.5, 0.6) is 0 Å². The van der Waals surface area contributed by atoms with Crippen LogP contribution in [0.1, 0.15) is 19.5 Å². The predicted octanol–water partition coefficient (Wildman–Crippen LogP) is 3.88. The minimum absolute atomic E-state index is 0.298. The molecule has 4 rings (SSSR count). The third kappa shape index (κ3) is 3.73. The maximum atomic E-state index is 12.3. The van der Waals surface area contributed by atoms with Crippen LogP contribution >= 0.6 is 0 Å². The Bertz CT molecular complexity index is 1280. The van der Waals surface area contributed by atoms with E-state index in [2.05, 4.69) is 15.3 Å². The fourth-order valence-electron chi connectivity index (χ4n) is 3.00. The number of aromatic nitrogens is 5. The van der Waals surface area contributed by atoms with Crippen molar-refractivity contribution < 1.29 is 8.42 Å². The van der Waals surface area contributed by atoms with Crippen molar-refractivity contribution in [3.05, 3.63) is 72.7 Å². The second-order valence-corrected chi connectivity index (χ2v) is 9.70. The molecule has 0 aliphatic rings. The van der Waals surface area contributed by atoms with Crippen molar-refractivity contribution in [3.8, 4) is 28.3 Å². The zero-order valence-corrected chi connectivity index (χ0v) is 17.7. The van der Waals surface area contributed by atoms with Crippen LogP contribution < -0.4 is 0 Å². The molecule has 0 spiro atoms. The molecule has 0 atom stereocenters. The van der Waals surface area contributed by atoms with Gasteiger partial charge in [-0.2, -0.15) is 0 Å². The fourth-order valence-corrected chi connectivity index (χ4v) is 4.06. The molecule has 0 saturated carbocycles. The highest BCUT2D eigenvalue weighted by molar-refractivity contribution is 7.92. The summed E-state index contributed by atoms with van der Waals surface area (Å²) < 4.78 is 26.4. The van der Waals surface area contributed by atoms with Crippen molar-refractivity contribution in [1.82, 2.24) is 25.0 Å². The Kier molecular flexibility index (Phi) is 5.17. The van der Waals surface area contributed by atoms with Gasteiger partial charge in [0.1, 0.15) is 11.4 Å². The summed E-state index contributed by atoms with van der Waals surface area (Å²) in [5.74, 6) is 0. The molecule has 7 nitrogen and oxygen atoms in total. The Morgan fingerprint density at radius 2 is 1.63 bits per heavy atom. The molecule has 0 aliphatic carbocycles. The van der Waals surface area contributed by atoms with E-state index in [-0.39, 0.29) is 0 Å². The molecule has 0 radical (unpaired) electrons. The molecular weight excluding hydrogens is 398 g/mol. The van der Waals surface area contributed by atoms with Gasteiger partial charge < -0.3 is 0 Å². The number of aryl methyl sites for hydroxylation is 1. The molecule has 2 aromatic heterocycles. The number of hydrogen-bond donors (Lipinski definition) is 0. The molecule has 0 aliphatic heterocycles. The predicted molar refractivity (Wildman–Crippen MR) is 115 cm³/mol. The van der Waals surface area contributed by atoms with Crippen LogP contribution in [-0.4, -0.2) is 38.6 Å². The van der Waals surface area contributed by atoms with E-state index in [4.69, 9.17) is 4.98 Å². The van der Waals surface area contributed by atoms with Gasteiger partial charge in [-0.1, -0.05) is 35.5 Å². The van der Waals surface area contributed by atoms with Crippen molar-refractivity contribution in [2.24, 2.45) is 0 Å². The van der Waals surface area contributed by atoms with Crippen LogP contribution in [0.4, 0.5) is 0 Å². The summed E-state index contributed by atoms with van der Waals surface area (Å²) in [6, 6.07) is 16.4. The Balaban J connectivity index is 1.69. The average molecular weight is 420 g/mol. The molecule has 0 fully saturated rings. The summed E-state index contributed by atoms with van der Waals surface area (Å²) in [7, 11) is -3.31. The van der Waals surface area contributed by atoms with Crippen LogP contribution in [0.15, 0.2) is 71.9 Å². The van der Waals surface area contributed by atoms with Gasteiger partial charge >= 0.3 is 0 Å². The Labute approximate surface area is 175 Å². The standard InChI is InChI=1S/C22H21N5O2S/c1-15(2)30(28,29)19-11-9-17(10-12-19)20-13-23-16(3)22(24-20)21-14-27(26-25-21)18-7-5-4-6-8-18/h4-15H,1-3H3. The van der Waals surface area contributed by atoms with Gasteiger partial charge in [0.15, 0.2) is 9.84 Å². The molecule has 8 heteroatoms. The number of rotatable bonds is 5. The number of sulfone groups is 1. The van der Waals surface area contributed by atoms with Gasteiger partial charge in [-0.15, -0.1) is 5.10 Å². The van der Waals surface area contributed by atoms with Crippen molar-refractivity contribution >= 4 is 9.84 Å². The summed E-state index contributed by atoms with van der Waals surface area (Å²) >= 11 is 0. The molecule has 2 aromatic carbocycles. The first kappa shape index (κ1) is 19.9. The van der Waals surface area contributed by atoms with E-state index in [0.29, 0.717) is 22.0 Å². The van der Waals surface area contributed by atoms with E-state index in [1.165, 1.54) is 0 Å². The van der Waals surface area contributed by atoms with Crippen LogP contribution in [0.2, 0.25) is 0 Å². The van der Waals surface area contributed by atoms with Crippen LogP contribution in [-0.2, 0) is 9.84 Å². The smallest absolute Gasteiger partial charge is 0.180 e. The monoisotopic (exact) mass is 419 g/mol. The first-order valence-electron chi connectivity index (χ1n) is 9.52. The average Bonchev–Trinajstić information content (AvgIpc) is 3.25. The molecular formula is C22H21N5O2S. The minimum atomic E-state index is -3.31. The molecule has 0 N–H and O–H groups in total. The lowest BCUT2D eigenvalue weighted by atomic mass is 10.1. The number of benzene rings is 2. The highest BCUT2D eigenvalue weighted by Gasteiger charge is 2.19. The van der Waals surface area contributed by atoms with Crippen molar-refractivity contribution in [3.63, 3.8) is 0 Å². The summed E-state index contributed by atoms with van der Waals surface area (Å²) in [4.78, 5) is 9.47. The highest BCUT2D eigenvalue weighted by atomic mass is 32.2. The van der Waals surface area contributed by atoms with Gasteiger partial charge in [0.05, 0.1) is 39.6 Å². The minimum Gasteiger partial charge on any atom is -0.257 e. The van der Waals surface area contributed by atoms with Gasteiger partial charge in [-0.3, -0.25) is 4.98 Å². The Morgan fingerprint density at radius 1 is 0.933 bits per heavy atom. The Morgan fingerprint density at radius 3 is 2.30 bits per heavy atom. The highest BCUT2D eigenvalue weighted by Crippen LogP contribution is 2.25. The molecule has 152 valence electrons. The van der Waals surface area contributed by atoms with Crippen LogP contribution in [0, 0.1) is 6.92 Å². The molecule has 0 bridgehead atoms. The van der Waals surface area contributed by atoms with Crippen LogP contribution in [0.3, 0.4) is 0 Å². The molecule has 4 aromatic rings. The molecule has 0 unspecified atom stereocenters. The van der Waals surface area contributed by atoms with E-state index < -0.39 is 15.1 Å². The topological polar surface area (TPSA) is 90.6 Å².